The molecule has 4 atom stereocenters. The van der Waals surface area contributed by atoms with Gasteiger partial charge in [-0.25, -0.2) is 4.79 Å². The summed E-state index contributed by atoms with van der Waals surface area (Å²) in [4.78, 5) is 21.5. The monoisotopic (exact) mass is 413 g/mol. The molecule has 1 aromatic carbocycles. The Kier molecular flexibility index (Phi) is 4.48. The first-order valence-corrected chi connectivity index (χ1v) is 10.4. The summed E-state index contributed by atoms with van der Waals surface area (Å²) in [6, 6.07) is 0.0158. The quantitative estimate of drug-likeness (QED) is 0.685. The van der Waals surface area contributed by atoms with Crippen molar-refractivity contribution in [3.63, 3.8) is 0 Å². The van der Waals surface area contributed by atoms with Gasteiger partial charge < -0.3 is 30.6 Å². The summed E-state index contributed by atoms with van der Waals surface area (Å²) in [5.74, 6) is 0.160. The third-order valence-electron chi connectivity index (χ3n) is 6.75. The summed E-state index contributed by atoms with van der Waals surface area (Å²) in [5.41, 5.74) is 14.4. The molecule has 9 nitrogen and oxygen atoms in total. The van der Waals surface area contributed by atoms with Crippen LogP contribution in [0.25, 0.3) is 10.9 Å². The Labute approximate surface area is 173 Å². The number of nitrogens with two attached hydrogens (primary N) is 2. The molecule has 3 aliphatic rings. The predicted molar refractivity (Wildman–Crippen MR) is 109 cm³/mol. The van der Waals surface area contributed by atoms with Crippen molar-refractivity contribution in [1.82, 2.24) is 4.57 Å². The van der Waals surface area contributed by atoms with E-state index in [4.69, 9.17) is 30.9 Å². The molecule has 5 rings (SSSR count). The molecule has 0 radical (unpaired) electrons. The highest BCUT2D eigenvalue weighted by atomic mass is 16.5. The van der Waals surface area contributed by atoms with Gasteiger partial charge in [0.15, 0.2) is 0 Å². The first-order chi connectivity index (χ1) is 14.4. The number of phenolic OH excluding ortho intramolecular Hbond substituents is 1. The maximum absolute atomic E-state index is 11.4. The average Bonchev–Trinajstić information content (AvgIpc) is 3.21. The van der Waals surface area contributed by atoms with E-state index in [-0.39, 0.29) is 36.6 Å². The molecule has 1 amide bonds. The minimum atomic E-state index is -0.862. The lowest BCUT2D eigenvalue weighted by atomic mass is 9.89. The van der Waals surface area contributed by atoms with Gasteiger partial charge >= 0.3 is 6.09 Å². The summed E-state index contributed by atoms with van der Waals surface area (Å²) < 4.78 is 12.8. The van der Waals surface area contributed by atoms with Crippen molar-refractivity contribution in [2.24, 2.45) is 21.5 Å². The fourth-order valence-electron chi connectivity index (χ4n) is 5.38. The van der Waals surface area contributed by atoms with Gasteiger partial charge in [-0.2, -0.15) is 0 Å². The van der Waals surface area contributed by atoms with Crippen LogP contribution in [0.4, 0.5) is 4.79 Å². The Morgan fingerprint density at radius 1 is 1.23 bits per heavy atom. The topological polar surface area (TPSA) is 137 Å². The highest BCUT2D eigenvalue weighted by Crippen LogP contribution is 2.41. The molecule has 160 valence electrons. The number of hydrogen-bond acceptors (Lipinski definition) is 7. The summed E-state index contributed by atoms with van der Waals surface area (Å²) in [5, 5.41) is 13.4. The van der Waals surface area contributed by atoms with Gasteiger partial charge in [-0.15, -0.1) is 0 Å². The second kappa shape index (κ2) is 6.95. The fraction of sp³-hybridized carbons (Fsp3) is 0.571. The number of fused-ring (bicyclic) bond motifs is 6. The van der Waals surface area contributed by atoms with Crippen LogP contribution in [0.1, 0.15) is 48.6 Å². The number of rotatable bonds is 3. The van der Waals surface area contributed by atoms with Gasteiger partial charge in [-0.1, -0.05) is 12.8 Å². The van der Waals surface area contributed by atoms with Crippen LogP contribution in [0.3, 0.4) is 0 Å². The second-order valence-corrected chi connectivity index (χ2v) is 8.47. The summed E-state index contributed by atoms with van der Waals surface area (Å²) >= 11 is 0. The zero-order valence-electron chi connectivity index (χ0n) is 17.2. The zero-order chi connectivity index (χ0) is 21.2. The largest absolute Gasteiger partial charge is 0.505 e. The number of ether oxygens (including phenoxy) is 2. The van der Waals surface area contributed by atoms with Crippen molar-refractivity contribution < 1.29 is 19.4 Å². The molecule has 0 unspecified atom stereocenters. The van der Waals surface area contributed by atoms with Gasteiger partial charge in [0.05, 0.1) is 40.1 Å². The normalized spacial score (nSPS) is 27.0. The minimum Gasteiger partial charge on any atom is -0.505 e. The van der Waals surface area contributed by atoms with E-state index in [1.54, 1.807) is 7.11 Å². The number of amides is 1. The molecule has 9 heteroatoms. The SMILES string of the molecule is CO[C@H]1c2c(COC(N)=O)c3c4c(c(C)c(O)c3n2C[C@@H]1N)=N[C@@H]1CCCC[C@H]1N=4. The molecule has 1 saturated carbocycles. The Morgan fingerprint density at radius 2 is 1.90 bits per heavy atom. The van der Waals surface area contributed by atoms with Gasteiger partial charge in [-0.05, 0) is 19.8 Å². The van der Waals surface area contributed by atoms with Crippen molar-refractivity contribution in [2.45, 2.75) is 70.0 Å². The van der Waals surface area contributed by atoms with Gasteiger partial charge in [-0.3, -0.25) is 9.98 Å². The van der Waals surface area contributed by atoms with Gasteiger partial charge in [0, 0.05) is 30.2 Å². The van der Waals surface area contributed by atoms with Crippen LogP contribution >= 0.6 is 0 Å². The van der Waals surface area contributed by atoms with Crippen molar-refractivity contribution in [3.8, 4) is 5.75 Å². The molecule has 3 heterocycles. The Hall–Kier alpha value is -2.65. The molecule has 1 aromatic heterocycles. The highest BCUT2D eigenvalue weighted by Gasteiger charge is 2.38. The molecular weight excluding hydrogens is 386 g/mol. The number of benzene rings is 1. The van der Waals surface area contributed by atoms with Crippen LogP contribution in [-0.2, 0) is 22.6 Å². The molecule has 0 saturated heterocycles. The van der Waals surface area contributed by atoms with Gasteiger partial charge in [0.2, 0.25) is 0 Å². The number of phenols is 1. The maximum atomic E-state index is 11.4. The van der Waals surface area contributed by atoms with E-state index in [2.05, 4.69) is 0 Å². The predicted octanol–water partition coefficient (Wildman–Crippen LogP) is 0.843. The van der Waals surface area contributed by atoms with E-state index >= 15 is 0 Å². The highest BCUT2D eigenvalue weighted by molar-refractivity contribution is 5.91. The average molecular weight is 413 g/mol. The number of methoxy groups -OCH3 is 1. The number of primary amides is 1. The summed E-state index contributed by atoms with van der Waals surface area (Å²) in [7, 11) is 1.60. The Balaban J connectivity index is 1.88. The molecule has 0 spiro atoms. The van der Waals surface area contributed by atoms with E-state index in [1.807, 2.05) is 11.5 Å². The first kappa shape index (κ1) is 19.3. The van der Waals surface area contributed by atoms with Crippen LogP contribution in [-0.4, -0.2) is 41.0 Å². The van der Waals surface area contributed by atoms with Crippen LogP contribution in [0.15, 0.2) is 9.98 Å². The number of hydrogen-bond donors (Lipinski definition) is 3. The zero-order valence-corrected chi connectivity index (χ0v) is 17.2. The van der Waals surface area contributed by atoms with Crippen LogP contribution in [0.5, 0.6) is 5.75 Å². The lowest BCUT2D eigenvalue weighted by molar-refractivity contribution is 0.0878. The second-order valence-electron chi connectivity index (χ2n) is 8.47. The molecule has 1 aliphatic carbocycles. The van der Waals surface area contributed by atoms with Crippen molar-refractivity contribution in [2.75, 3.05) is 7.11 Å². The van der Waals surface area contributed by atoms with Crippen LogP contribution in [0.2, 0.25) is 0 Å². The maximum Gasteiger partial charge on any atom is 0.404 e. The molecular formula is C21H27N5O4. The molecule has 5 N–H and O–H groups in total. The summed E-state index contributed by atoms with van der Waals surface area (Å²) in [6.45, 7) is 2.31. The molecule has 1 fully saturated rings. The number of carbonyl (C=O) groups excluding carboxylic acids is 1. The lowest BCUT2D eigenvalue weighted by Gasteiger charge is -2.28. The number of nitrogens with zero attached hydrogens (tertiary/aromatic N) is 3. The van der Waals surface area contributed by atoms with Crippen molar-refractivity contribution in [1.29, 1.82) is 0 Å². The van der Waals surface area contributed by atoms with Gasteiger partial charge in [0.25, 0.3) is 0 Å². The number of aromatic hydroxyl groups is 1. The van der Waals surface area contributed by atoms with E-state index in [9.17, 15) is 9.90 Å². The molecule has 2 aliphatic heterocycles. The van der Waals surface area contributed by atoms with Gasteiger partial charge in [0.1, 0.15) is 18.5 Å². The molecule has 30 heavy (non-hydrogen) atoms. The van der Waals surface area contributed by atoms with Crippen LogP contribution in [0, 0.1) is 6.92 Å². The molecule has 0 bridgehead atoms. The van der Waals surface area contributed by atoms with E-state index in [0.717, 1.165) is 53.0 Å². The number of aromatic nitrogens is 1. The standard InChI is InChI=1S/C21H27N5O4/c1-9-15-16(25-13-6-4-3-5-12(13)24-15)14-10(8-30-21(23)28)17-20(29-2)11(22)7-26(17)18(14)19(9)27/h11-13,20,27H,3-8,22H2,1-2H3,(H2,23,28)/t11-,12+,13+,20+/m0/s1. The minimum absolute atomic E-state index is 0.0424. The van der Waals surface area contributed by atoms with E-state index < -0.39 is 6.09 Å². The molecule has 2 aromatic rings. The smallest absolute Gasteiger partial charge is 0.404 e. The first-order valence-electron chi connectivity index (χ1n) is 10.4. The Morgan fingerprint density at radius 3 is 2.53 bits per heavy atom. The van der Waals surface area contributed by atoms with Crippen LogP contribution < -0.4 is 22.2 Å². The third kappa shape index (κ3) is 2.65. The van der Waals surface area contributed by atoms with Crippen molar-refractivity contribution >= 4 is 17.0 Å². The van der Waals surface area contributed by atoms with E-state index in [1.165, 1.54) is 0 Å². The fourth-order valence-corrected chi connectivity index (χ4v) is 5.38. The number of carbonyl (C=O) groups is 1. The Bertz CT molecular complexity index is 1170. The third-order valence-corrected chi connectivity index (χ3v) is 6.75. The lowest BCUT2D eigenvalue weighted by Crippen LogP contribution is -2.42. The summed E-state index contributed by atoms with van der Waals surface area (Å²) in [6.07, 6.45) is 3.05. The van der Waals surface area contributed by atoms with E-state index in [0.29, 0.717) is 17.6 Å². The van der Waals surface area contributed by atoms with Crippen molar-refractivity contribution in [3.05, 3.63) is 27.5 Å².